The summed E-state index contributed by atoms with van der Waals surface area (Å²) in [6, 6.07) is 6.05. The molecular formula is C16H20F3N. The van der Waals surface area contributed by atoms with Crippen LogP contribution in [0.1, 0.15) is 49.7 Å². The molecule has 2 atom stereocenters. The Kier molecular flexibility index (Phi) is 3.32. The van der Waals surface area contributed by atoms with Gasteiger partial charge in [0.05, 0.1) is 5.56 Å². The predicted octanol–water partition coefficient (Wildman–Crippen LogP) is 4.25. The number of halogens is 3. The first-order chi connectivity index (χ1) is 9.43. The van der Waals surface area contributed by atoms with Gasteiger partial charge in [0.2, 0.25) is 0 Å². The molecule has 2 aliphatic rings. The highest BCUT2D eigenvalue weighted by Crippen LogP contribution is 2.54. The molecule has 4 heteroatoms. The third kappa shape index (κ3) is 2.14. The van der Waals surface area contributed by atoms with Crippen LogP contribution in [0.2, 0.25) is 0 Å². The number of hydrogen-bond acceptors (Lipinski definition) is 1. The number of benzene rings is 1. The Hall–Kier alpha value is -1.03. The van der Waals surface area contributed by atoms with Crippen molar-refractivity contribution in [3.63, 3.8) is 0 Å². The van der Waals surface area contributed by atoms with Crippen molar-refractivity contribution in [1.82, 2.24) is 0 Å². The van der Waals surface area contributed by atoms with Crippen LogP contribution in [0.5, 0.6) is 0 Å². The minimum atomic E-state index is -4.27. The molecule has 1 aromatic rings. The van der Waals surface area contributed by atoms with Gasteiger partial charge in [0.1, 0.15) is 0 Å². The molecule has 0 spiro atoms. The second-order valence-electron chi connectivity index (χ2n) is 6.29. The van der Waals surface area contributed by atoms with Gasteiger partial charge in [-0.05, 0) is 48.6 Å². The van der Waals surface area contributed by atoms with Crippen LogP contribution in [0.3, 0.4) is 0 Å². The molecule has 110 valence electrons. The molecule has 20 heavy (non-hydrogen) atoms. The Morgan fingerprint density at radius 3 is 2.35 bits per heavy atom. The van der Waals surface area contributed by atoms with Crippen molar-refractivity contribution in [2.75, 3.05) is 0 Å². The average molecular weight is 283 g/mol. The van der Waals surface area contributed by atoms with Gasteiger partial charge in [0, 0.05) is 6.04 Å². The van der Waals surface area contributed by atoms with Crippen molar-refractivity contribution in [2.24, 2.45) is 11.7 Å². The topological polar surface area (TPSA) is 26.0 Å². The molecule has 0 amide bonds. The third-order valence-corrected chi connectivity index (χ3v) is 5.29. The first-order valence-electron chi connectivity index (χ1n) is 7.37. The quantitative estimate of drug-likeness (QED) is 0.862. The van der Waals surface area contributed by atoms with Crippen molar-refractivity contribution in [3.8, 4) is 0 Å². The molecule has 0 aromatic heterocycles. The van der Waals surface area contributed by atoms with E-state index in [0.29, 0.717) is 5.92 Å². The third-order valence-electron chi connectivity index (χ3n) is 5.29. The summed E-state index contributed by atoms with van der Waals surface area (Å²) in [6.45, 7) is 0. The molecule has 2 N–H and O–H groups in total. The van der Waals surface area contributed by atoms with Gasteiger partial charge in [-0.3, -0.25) is 0 Å². The minimum Gasteiger partial charge on any atom is -0.327 e. The monoisotopic (exact) mass is 283 g/mol. The summed E-state index contributed by atoms with van der Waals surface area (Å²) in [4.78, 5) is 0. The zero-order chi connectivity index (χ0) is 14.4. The van der Waals surface area contributed by atoms with Crippen LogP contribution in [0, 0.1) is 5.92 Å². The summed E-state index contributed by atoms with van der Waals surface area (Å²) in [6.07, 6.45) is 1.95. The van der Waals surface area contributed by atoms with Gasteiger partial charge in [-0.1, -0.05) is 31.0 Å². The summed E-state index contributed by atoms with van der Waals surface area (Å²) in [5, 5.41) is 0. The van der Waals surface area contributed by atoms with E-state index >= 15 is 0 Å². The standard InChI is InChI=1S/C16H20F3N/c17-16(18,19)12-5-1-4-11(10-12)15(8-3-9-15)13-6-2-7-14(13)20/h1,4-5,10,13-14H,2-3,6-9,20H2. The molecule has 0 radical (unpaired) electrons. The zero-order valence-electron chi connectivity index (χ0n) is 11.4. The fourth-order valence-corrected chi connectivity index (χ4v) is 4.11. The van der Waals surface area contributed by atoms with Crippen LogP contribution < -0.4 is 5.73 Å². The summed E-state index contributed by atoms with van der Waals surface area (Å²) < 4.78 is 38.7. The number of rotatable bonds is 2. The highest BCUT2D eigenvalue weighted by atomic mass is 19.4. The van der Waals surface area contributed by atoms with E-state index < -0.39 is 11.7 Å². The summed E-state index contributed by atoms with van der Waals surface area (Å²) in [5.74, 6) is 0.347. The van der Waals surface area contributed by atoms with E-state index in [1.807, 2.05) is 6.07 Å². The number of alkyl halides is 3. The van der Waals surface area contributed by atoms with E-state index in [1.165, 1.54) is 6.07 Å². The first kappa shape index (κ1) is 13.9. The Morgan fingerprint density at radius 1 is 1.10 bits per heavy atom. The fourth-order valence-electron chi connectivity index (χ4n) is 4.11. The van der Waals surface area contributed by atoms with E-state index in [0.717, 1.165) is 50.2 Å². The van der Waals surface area contributed by atoms with Gasteiger partial charge >= 0.3 is 6.18 Å². The van der Waals surface area contributed by atoms with E-state index in [-0.39, 0.29) is 11.5 Å². The largest absolute Gasteiger partial charge is 0.416 e. The molecule has 3 rings (SSSR count). The van der Waals surface area contributed by atoms with Gasteiger partial charge in [-0.25, -0.2) is 0 Å². The zero-order valence-corrected chi connectivity index (χ0v) is 11.4. The van der Waals surface area contributed by atoms with Crippen LogP contribution in [-0.4, -0.2) is 6.04 Å². The van der Waals surface area contributed by atoms with Gasteiger partial charge in [0.25, 0.3) is 0 Å². The summed E-state index contributed by atoms with van der Waals surface area (Å²) in [5.41, 5.74) is 6.43. The van der Waals surface area contributed by atoms with Gasteiger partial charge in [-0.2, -0.15) is 13.2 Å². The molecule has 2 unspecified atom stereocenters. The average Bonchev–Trinajstić information content (AvgIpc) is 2.74. The van der Waals surface area contributed by atoms with Gasteiger partial charge < -0.3 is 5.73 Å². The molecule has 2 aliphatic carbocycles. The van der Waals surface area contributed by atoms with E-state index in [2.05, 4.69) is 0 Å². The van der Waals surface area contributed by atoms with Crippen LogP contribution in [0.25, 0.3) is 0 Å². The van der Waals surface area contributed by atoms with Crippen LogP contribution >= 0.6 is 0 Å². The lowest BCUT2D eigenvalue weighted by molar-refractivity contribution is -0.137. The molecule has 0 heterocycles. The molecule has 2 fully saturated rings. The highest BCUT2D eigenvalue weighted by Gasteiger charge is 2.49. The molecular weight excluding hydrogens is 263 g/mol. The van der Waals surface area contributed by atoms with Crippen LogP contribution in [0.4, 0.5) is 13.2 Å². The van der Waals surface area contributed by atoms with E-state index in [4.69, 9.17) is 5.73 Å². The molecule has 0 aliphatic heterocycles. The molecule has 1 aromatic carbocycles. The van der Waals surface area contributed by atoms with E-state index in [1.54, 1.807) is 6.07 Å². The Bertz CT molecular complexity index is 491. The van der Waals surface area contributed by atoms with Gasteiger partial charge in [0.15, 0.2) is 0 Å². The Balaban J connectivity index is 1.97. The smallest absolute Gasteiger partial charge is 0.327 e. The van der Waals surface area contributed by atoms with Crippen LogP contribution in [0.15, 0.2) is 24.3 Å². The summed E-state index contributed by atoms with van der Waals surface area (Å²) in [7, 11) is 0. The van der Waals surface area contributed by atoms with Crippen molar-refractivity contribution in [2.45, 2.75) is 56.2 Å². The Morgan fingerprint density at radius 2 is 1.85 bits per heavy atom. The first-order valence-corrected chi connectivity index (χ1v) is 7.37. The van der Waals surface area contributed by atoms with E-state index in [9.17, 15) is 13.2 Å². The van der Waals surface area contributed by atoms with Gasteiger partial charge in [-0.15, -0.1) is 0 Å². The van der Waals surface area contributed by atoms with Crippen molar-refractivity contribution >= 4 is 0 Å². The van der Waals surface area contributed by atoms with Crippen molar-refractivity contribution in [1.29, 1.82) is 0 Å². The maximum absolute atomic E-state index is 12.9. The maximum atomic E-state index is 12.9. The maximum Gasteiger partial charge on any atom is 0.416 e. The van der Waals surface area contributed by atoms with Crippen LogP contribution in [-0.2, 0) is 11.6 Å². The normalized spacial score (nSPS) is 29.2. The summed E-state index contributed by atoms with van der Waals surface area (Å²) >= 11 is 0. The SMILES string of the molecule is NC1CCCC1C1(c2cccc(C(F)(F)F)c2)CCC1. The fraction of sp³-hybridized carbons (Fsp3) is 0.625. The predicted molar refractivity (Wildman–Crippen MR) is 72.3 cm³/mol. The lowest BCUT2D eigenvalue weighted by atomic mass is 9.56. The molecule has 0 bridgehead atoms. The molecule has 0 saturated heterocycles. The Labute approximate surface area is 117 Å². The lowest BCUT2D eigenvalue weighted by Gasteiger charge is -2.49. The lowest BCUT2D eigenvalue weighted by Crippen LogP contribution is -2.47. The number of nitrogens with two attached hydrogens (primary N) is 1. The second kappa shape index (κ2) is 4.76. The van der Waals surface area contributed by atoms with Crippen molar-refractivity contribution in [3.05, 3.63) is 35.4 Å². The minimum absolute atomic E-state index is 0.100. The second-order valence-corrected chi connectivity index (χ2v) is 6.29. The highest BCUT2D eigenvalue weighted by molar-refractivity contribution is 5.35. The molecule has 2 saturated carbocycles. The molecule has 1 nitrogen and oxygen atoms in total. The van der Waals surface area contributed by atoms with Crippen molar-refractivity contribution < 1.29 is 13.2 Å². The number of hydrogen-bond donors (Lipinski definition) is 1.